The van der Waals surface area contributed by atoms with Crippen LogP contribution in [0.1, 0.15) is 83.8 Å². The van der Waals surface area contributed by atoms with Crippen LogP contribution >= 0.6 is 0 Å². The van der Waals surface area contributed by atoms with Gasteiger partial charge in [-0.05, 0) is 72.4 Å². The van der Waals surface area contributed by atoms with Gasteiger partial charge in [0.25, 0.3) is 0 Å². The maximum Gasteiger partial charge on any atom is 0.129 e. The fraction of sp³-hybridized carbons (Fsp3) is 0.633. The second kappa shape index (κ2) is 10.8. The molecule has 0 spiro atoms. The normalized spacial score (nSPS) is 19.7. The minimum Gasteiger partial charge on any atom is -0.396 e. The second-order valence-electron chi connectivity index (χ2n) is 11.7. The first kappa shape index (κ1) is 25.2. The third kappa shape index (κ3) is 5.83. The van der Waals surface area contributed by atoms with Crippen LogP contribution in [0.15, 0.2) is 36.4 Å². The number of aliphatic hydroxyl groups is 1. The van der Waals surface area contributed by atoms with Gasteiger partial charge in [-0.15, -0.1) is 0 Å². The predicted octanol–water partition coefficient (Wildman–Crippen LogP) is 6.16. The minimum absolute atomic E-state index is 0.216. The Morgan fingerprint density at radius 3 is 2.21 bits per heavy atom. The number of aromatic nitrogens is 1. The summed E-state index contributed by atoms with van der Waals surface area (Å²) >= 11 is 0. The third-order valence-electron chi connectivity index (χ3n) is 8.21. The molecule has 0 unspecified atom stereocenters. The Balaban J connectivity index is 1.39. The quantitative estimate of drug-likeness (QED) is 0.452. The summed E-state index contributed by atoms with van der Waals surface area (Å²) in [6.07, 6.45) is 8.38. The highest BCUT2D eigenvalue weighted by Crippen LogP contribution is 2.46. The molecule has 0 saturated carbocycles. The van der Waals surface area contributed by atoms with E-state index in [1.807, 2.05) is 0 Å². The molecular weight excluding hydrogens is 418 g/mol. The molecule has 2 aliphatic rings. The van der Waals surface area contributed by atoms with Crippen molar-refractivity contribution in [2.24, 2.45) is 0 Å². The lowest BCUT2D eigenvalue weighted by atomic mass is 9.63. The van der Waals surface area contributed by atoms with Gasteiger partial charge >= 0.3 is 0 Å². The van der Waals surface area contributed by atoms with Gasteiger partial charge in [-0.1, -0.05) is 65.2 Å². The summed E-state index contributed by atoms with van der Waals surface area (Å²) in [7, 11) is 0. The molecule has 0 atom stereocenters. The SMILES string of the molecule is CC1(C)CCC(C)(C)c2cc(-c3cccc(N4CCN(CCCCCCCO)CC4)n3)ccc21. The summed E-state index contributed by atoms with van der Waals surface area (Å²) in [6.45, 7) is 15.4. The van der Waals surface area contributed by atoms with E-state index in [9.17, 15) is 0 Å². The maximum absolute atomic E-state index is 8.90. The van der Waals surface area contributed by atoms with Crippen molar-refractivity contribution in [3.63, 3.8) is 0 Å². The summed E-state index contributed by atoms with van der Waals surface area (Å²) < 4.78 is 0. The molecule has 186 valence electrons. The average molecular weight is 464 g/mol. The molecule has 1 aromatic heterocycles. The lowest BCUT2D eigenvalue weighted by molar-refractivity contribution is 0.249. The lowest BCUT2D eigenvalue weighted by Crippen LogP contribution is -2.46. The lowest BCUT2D eigenvalue weighted by Gasteiger charge is -2.42. The Labute approximate surface area is 207 Å². The van der Waals surface area contributed by atoms with Crippen molar-refractivity contribution in [1.82, 2.24) is 9.88 Å². The molecule has 0 bridgehead atoms. The zero-order chi connectivity index (χ0) is 24.2. The highest BCUT2D eigenvalue weighted by Gasteiger charge is 2.37. The molecule has 2 aromatic rings. The Morgan fingerprint density at radius 1 is 0.794 bits per heavy atom. The van der Waals surface area contributed by atoms with Crippen molar-refractivity contribution >= 4 is 5.82 Å². The molecular formula is C30H45N3O. The smallest absolute Gasteiger partial charge is 0.129 e. The van der Waals surface area contributed by atoms with E-state index in [2.05, 4.69) is 73.9 Å². The zero-order valence-corrected chi connectivity index (χ0v) is 21.9. The van der Waals surface area contributed by atoms with Crippen LogP contribution in [0, 0.1) is 0 Å². The monoisotopic (exact) mass is 463 g/mol. The second-order valence-corrected chi connectivity index (χ2v) is 11.7. The van der Waals surface area contributed by atoms with Gasteiger partial charge in [0.05, 0.1) is 5.69 Å². The van der Waals surface area contributed by atoms with Crippen LogP contribution in [-0.4, -0.2) is 54.3 Å². The molecule has 1 aliphatic carbocycles. The van der Waals surface area contributed by atoms with Gasteiger partial charge in [-0.3, -0.25) is 4.90 Å². The van der Waals surface area contributed by atoms with Crippen LogP contribution < -0.4 is 4.90 Å². The highest BCUT2D eigenvalue weighted by molar-refractivity contribution is 5.65. The third-order valence-corrected chi connectivity index (χ3v) is 8.21. The summed E-state index contributed by atoms with van der Waals surface area (Å²) in [5, 5.41) is 8.90. The molecule has 1 aromatic carbocycles. The number of anilines is 1. The molecule has 34 heavy (non-hydrogen) atoms. The van der Waals surface area contributed by atoms with Crippen LogP contribution in [0.4, 0.5) is 5.82 Å². The highest BCUT2D eigenvalue weighted by atomic mass is 16.2. The van der Waals surface area contributed by atoms with E-state index in [0.717, 1.165) is 50.5 Å². The van der Waals surface area contributed by atoms with E-state index in [4.69, 9.17) is 10.1 Å². The Kier molecular flexibility index (Phi) is 7.99. The largest absolute Gasteiger partial charge is 0.396 e. The number of hydrogen-bond donors (Lipinski definition) is 1. The standard InChI is InChI=1S/C30H45N3O/c1-29(2)15-16-30(3,4)26-23-24(13-14-25(26)29)27-11-10-12-28(31-27)33-20-18-32(19-21-33)17-8-6-5-7-9-22-34/h10-14,23,34H,5-9,15-22H2,1-4H3. The van der Waals surface area contributed by atoms with Crippen LogP contribution in [0.25, 0.3) is 11.3 Å². The van der Waals surface area contributed by atoms with E-state index < -0.39 is 0 Å². The van der Waals surface area contributed by atoms with E-state index >= 15 is 0 Å². The minimum atomic E-state index is 0.216. The first-order chi connectivity index (χ1) is 16.3. The van der Waals surface area contributed by atoms with E-state index in [-0.39, 0.29) is 10.8 Å². The number of unbranched alkanes of at least 4 members (excludes halogenated alkanes) is 4. The Hall–Kier alpha value is -1.91. The number of pyridine rings is 1. The molecule has 4 nitrogen and oxygen atoms in total. The van der Waals surface area contributed by atoms with Crippen molar-refractivity contribution in [3.8, 4) is 11.3 Å². The first-order valence-electron chi connectivity index (χ1n) is 13.5. The van der Waals surface area contributed by atoms with E-state index in [0.29, 0.717) is 6.61 Å². The average Bonchev–Trinajstić information content (AvgIpc) is 2.84. The number of nitrogens with zero attached hydrogens (tertiary/aromatic N) is 3. The number of benzene rings is 1. The Bertz CT molecular complexity index is 944. The number of aliphatic hydroxyl groups excluding tert-OH is 1. The summed E-state index contributed by atoms with van der Waals surface area (Å²) in [5.74, 6) is 1.11. The number of rotatable bonds is 9. The fourth-order valence-electron chi connectivity index (χ4n) is 5.69. The van der Waals surface area contributed by atoms with Gasteiger partial charge < -0.3 is 10.0 Å². The van der Waals surface area contributed by atoms with Crippen molar-refractivity contribution in [1.29, 1.82) is 0 Å². The van der Waals surface area contributed by atoms with E-state index in [1.165, 1.54) is 55.3 Å². The topological polar surface area (TPSA) is 39.6 Å². The van der Waals surface area contributed by atoms with Crippen molar-refractivity contribution in [2.45, 2.75) is 83.5 Å². The number of piperazine rings is 1. The van der Waals surface area contributed by atoms with Crippen LogP contribution in [-0.2, 0) is 10.8 Å². The molecule has 1 N–H and O–H groups in total. The first-order valence-corrected chi connectivity index (χ1v) is 13.5. The van der Waals surface area contributed by atoms with Crippen molar-refractivity contribution in [2.75, 3.05) is 44.2 Å². The van der Waals surface area contributed by atoms with Gasteiger partial charge in [-0.2, -0.15) is 0 Å². The summed E-state index contributed by atoms with van der Waals surface area (Å²) in [5.41, 5.74) is 5.80. The fourth-order valence-corrected chi connectivity index (χ4v) is 5.69. The number of hydrogen-bond acceptors (Lipinski definition) is 4. The molecule has 1 fully saturated rings. The predicted molar refractivity (Wildman–Crippen MR) is 144 cm³/mol. The maximum atomic E-state index is 8.90. The summed E-state index contributed by atoms with van der Waals surface area (Å²) in [6, 6.07) is 13.6. The van der Waals surface area contributed by atoms with E-state index in [1.54, 1.807) is 0 Å². The molecule has 1 aliphatic heterocycles. The molecule has 4 heteroatoms. The summed E-state index contributed by atoms with van der Waals surface area (Å²) in [4.78, 5) is 10.2. The zero-order valence-electron chi connectivity index (χ0n) is 21.9. The van der Waals surface area contributed by atoms with Crippen molar-refractivity contribution < 1.29 is 5.11 Å². The molecule has 0 amide bonds. The molecule has 4 rings (SSSR count). The molecule has 0 radical (unpaired) electrons. The molecule has 2 heterocycles. The van der Waals surface area contributed by atoms with Gasteiger partial charge in [0.1, 0.15) is 5.82 Å². The van der Waals surface area contributed by atoms with Gasteiger partial charge in [-0.25, -0.2) is 4.98 Å². The van der Waals surface area contributed by atoms with Crippen molar-refractivity contribution in [3.05, 3.63) is 47.5 Å². The van der Waals surface area contributed by atoms with Gasteiger partial charge in [0.2, 0.25) is 0 Å². The Morgan fingerprint density at radius 2 is 1.47 bits per heavy atom. The van der Waals surface area contributed by atoms with Gasteiger partial charge in [0.15, 0.2) is 0 Å². The van der Waals surface area contributed by atoms with Crippen LogP contribution in [0.2, 0.25) is 0 Å². The van der Waals surface area contributed by atoms with Crippen LogP contribution in [0.3, 0.4) is 0 Å². The van der Waals surface area contributed by atoms with Gasteiger partial charge in [0, 0.05) is 38.3 Å². The van der Waals surface area contributed by atoms with Crippen LogP contribution in [0.5, 0.6) is 0 Å². The molecule has 1 saturated heterocycles. The number of fused-ring (bicyclic) bond motifs is 1.